The van der Waals surface area contributed by atoms with Crippen LogP contribution in [0.2, 0.25) is 0 Å². The van der Waals surface area contributed by atoms with Gasteiger partial charge in [-0.2, -0.15) is 4.98 Å². The first kappa shape index (κ1) is 19.4. The summed E-state index contributed by atoms with van der Waals surface area (Å²) in [5, 5.41) is 6.57. The van der Waals surface area contributed by atoms with Crippen LogP contribution in [0.1, 0.15) is 43.0 Å². The SMILES string of the molecule is Cc1noc(CN2CCCC(CCC(=O)NCc3ccc(F)c(F)c3)C2)n1. The highest BCUT2D eigenvalue weighted by Gasteiger charge is 2.22. The number of nitrogens with one attached hydrogen (secondary N) is 1. The van der Waals surface area contributed by atoms with E-state index in [0.717, 1.165) is 44.5 Å². The molecule has 2 heterocycles. The van der Waals surface area contributed by atoms with E-state index < -0.39 is 11.6 Å². The first-order valence-corrected chi connectivity index (χ1v) is 9.22. The number of nitrogens with zero attached hydrogens (tertiary/aromatic N) is 3. The maximum atomic E-state index is 13.2. The van der Waals surface area contributed by atoms with Gasteiger partial charge in [-0.25, -0.2) is 8.78 Å². The molecular weight excluding hydrogens is 354 g/mol. The number of hydrogen-bond donors (Lipinski definition) is 1. The summed E-state index contributed by atoms with van der Waals surface area (Å²) in [6.45, 7) is 4.52. The average Bonchev–Trinajstić information content (AvgIpc) is 3.06. The van der Waals surface area contributed by atoms with Crippen LogP contribution in [0, 0.1) is 24.5 Å². The largest absolute Gasteiger partial charge is 0.352 e. The van der Waals surface area contributed by atoms with Gasteiger partial charge < -0.3 is 9.84 Å². The van der Waals surface area contributed by atoms with Crippen molar-refractivity contribution < 1.29 is 18.1 Å². The zero-order valence-corrected chi connectivity index (χ0v) is 15.4. The van der Waals surface area contributed by atoms with E-state index in [2.05, 4.69) is 20.4 Å². The number of hydrogen-bond acceptors (Lipinski definition) is 5. The Hall–Kier alpha value is -2.35. The highest BCUT2D eigenvalue weighted by Crippen LogP contribution is 2.22. The van der Waals surface area contributed by atoms with E-state index in [4.69, 9.17) is 4.52 Å². The van der Waals surface area contributed by atoms with Gasteiger partial charge in [0.25, 0.3) is 0 Å². The van der Waals surface area contributed by atoms with Crippen LogP contribution >= 0.6 is 0 Å². The number of benzene rings is 1. The van der Waals surface area contributed by atoms with Crippen LogP contribution in [0.15, 0.2) is 22.7 Å². The minimum Gasteiger partial charge on any atom is -0.352 e. The second kappa shape index (κ2) is 9.03. The summed E-state index contributed by atoms with van der Waals surface area (Å²) in [4.78, 5) is 18.6. The van der Waals surface area contributed by atoms with E-state index in [1.807, 2.05) is 0 Å². The lowest BCUT2D eigenvalue weighted by Gasteiger charge is -2.31. The summed E-state index contributed by atoms with van der Waals surface area (Å²) in [5.41, 5.74) is 0.543. The van der Waals surface area contributed by atoms with E-state index in [1.165, 1.54) is 6.07 Å². The molecule has 1 N–H and O–H groups in total. The summed E-state index contributed by atoms with van der Waals surface area (Å²) in [6.07, 6.45) is 3.38. The summed E-state index contributed by atoms with van der Waals surface area (Å²) in [6, 6.07) is 3.64. The van der Waals surface area contributed by atoms with Gasteiger partial charge in [-0.1, -0.05) is 11.2 Å². The van der Waals surface area contributed by atoms with Gasteiger partial charge >= 0.3 is 0 Å². The Morgan fingerprint density at radius 2 is 2.22 bits per heavy atom. The Balaban J connectivity index is 1.39. The van der Waals surface area contributed by atoms with Crippen molar-refractivity contribution in [1.29, 1.82) is 0 Å². The van der Waals surface area contributed by atoms with Gasteiger partial charge in [0.15, 0.2) is 17.5 Å². The van der Waals surface area contributed by atoms with Crippen LogP contribution in [-0.2, 0) is 17.9 Å². The van der Waals surface area contributed by atoms with Crippen molar-refractivity contribution >= 4 is 5.91 Å². The van der Waals surface area contributed by atoms with Gasteiger partial charge in [0, 0.05) is 19.5 Å². The maximum absolute atomic E-state index is 13.2. The third-order valence-corrected chi connectivity index (χ3v) is 4.78. The first-order valence-electron chi connectivity index (χ1n) is 9.22. The molecule has 1 aliphatic heterocycles. The van der Waals surface area contributed by atoms with Crippen molar-refractivity contribution in [2.24, 2.45) is 5.92 Å². The molecule has 1 atom stereocenters. The third kappa shape index (κ3) is 5.82. The molecule has 1 unspecified atom stereocenters. The Labute approximate surface area is 156 Å². The molecule has 2 aromatic rings. The number of carbonyl (C=O) groups is 1. The van der Waals surface area contributed by atoms with Gasteiger partial charge in [-0.05, 0) is 56.3 Å². The zero-order valence-electron chi connectivity index (χ0n) is 15.4. The lowest BCUT2D eigenvalue weighted by Crippen LogP contribution is -2.35. The second-order valence-corrected chi connectivity index (χ2v) is 7.04. The van der Waals surface area contributed by atoms with Crippen LogP contribution < -0.4 is 5.32 Å². The molecule has 0 saturated carbocycles. The Kier molecular flexibility index (Phi) is 6.49. The first-order chi connectivity index (χ1) is 13.0. The highest BCUT2D eigenvalue weighted by atomic mass is 19.2. The standard InChI is InChI=1S/C19H24F2N4O2/c1-13-23-19(27-24-13)12-25-8-2-3-14(11-25)5-7-18(26)22-10-15-4-6-16(20)17(21)9-15/h4,6,9,14H,2-3,5,7-8,10-12H2,1H3,(H,22,26). The number of likely N-dealkylation sites (tertiary alicyclic amines) is 1. The zero-order chi connectivity index (χ0) is 19.2. The maximum Gasteiger partial charge on any atom is 0.240 e. The van der Waals surface area contributed by atoms with Gasteiger partial charge in [-0.15, -0.1) is 0 Å². The second-order valence-electron chi connectivity index (χ2n) is 7.04. The van der Waals surface area contributed by atoms with E-state index in [9.17, 15) is 13.6 Å². The van der Waals surface area contributed by atoms with Crippen LogP contribution in [0.5, 0.6) is 0 Å². The monoisotopic (exact) mass is 378 g/mol. The molecule has 1 aromatic carbocycles. The molecule has 1 aliphatic rings. The summed E-state index contributed by atoms with van der Waals surface area (Å²) >= 11 is 0. The molecule has 1 fully saturated rings. The normalized spacial score (nSPS) is 17.8. The molecule has 8 heteroatoms. The number of halogens is 2. The molecule has 1 amide bonds. The van der Waals surface area contributed by atoms with E-state index in [0.29, 0.717) is 36.2 Å². The molecule has 6 nitrogen and oxygen atoms in total. The van der Waals surface area contributed by atoms with Gasteiger partial charge in [0.05, 0.1) is 6.54 Å². The molecule has 0 radical (unpaired) electrons. The number of aromatic nitrogens is 2. The van der Waals surface area contributed by atoms with Crippen molar-refractivity contribution in [1.82, 2.24) is 20.4 Å². The minimum absolute atomic E-state index is 0.0793. The predicted molar refractivity (Wildman–Crippen MR) is 94.5 cm³/mol. The summed E-state index contributed by atoms with van der Waals surface area (Å²) in [7, 11) is 0. The average molecular weight is 378 g/mol. The lowest BCUT2D eigenvalue weighted by molar-refractivity contribution is -0.121. The van der Waals surface area contributed by atoms with Gasteiger partial charge in [-0.3, -0.25) is 9.69 Å². The number of aryl methyl sites for hydroxylation is 1. The van der Waals surface area contributed by atoms with Crippen molar-refractivity contribution in [3.8, 4) is 0 Å². The topological polar surface area (TPSA) is 71.3 Å². The lowest BCUT2D eigenvalue weighted by atomic mass is 9.93. The van der Waals surface area contributed by atoms with E-state index >= 15 is 0 Å². The highest BCUT2D eigenvalue weighted by molar-refractivity contribution is 5.75. The number of amides is 1. The van der Waals surface area contributed by atoms with Crippen LogP contribution in [0.3, 0.4) is 0 Å². The fourth-order valence-corrected chi connectivity index (χ4v) is 3.40. The van der Waals surface area contributed by atoms with Crippen molar-refractivity contribution in [2.75, 3.05) is 13.1 Å². The van der Waals surface area contributed by atoms with Crippen molar-refractivity contribution in [3.05, 3.63) is 47.1 Å². The quantitative estimate of drug-likeness (QED) is 0.802. The van der Waals surface area contributed by atoms with E-state index in [1.54, 1.807) is 6.92 Å². The number of piperidine rings is 1. The molecule has 0 aliphatic carbocycles. The Morgan fingerprint density at radius 3 is 2.96 bits per heavy atom. The third-order valence-electron chi connectivity index (χ3n) is 4.78. The molecule has 0 bridgehead atoms. The fraction of sp³-hybridized carbons (Fsp3) is 0.526. The predicted octanol–water partition coefficient (Wildman–Crippen LogP) is 2.96. The molecule has 0 spiro atoms. The summed E-state index contributed by atoms with van der Waals surface area (Å²) in [5.74, 6) is -0.169. The van der Waals surface area contributed by atoms with Crippen molar-refractivity contribution in [2.45, 2.75) is 45.7 Å². The van der Waals surface area contributed by atoms with Crippen LogP contribution in [0.25, 0.3) is 0 Å². The summed E-state index contributed by atoms with van der Waals surface area (Å²) < 4.78 is 31.3. The molecule has 3 rings (SSSR count). The molecule has 1 saturated heterocycles. The van der Waals surface area contributed by atoms with Gasteiger partial charge in [0.1, 0.15) is 0 Å². The molecular formula is C19H24F2N4O2. The fourth-order valence-electron chi connectivity index (χ4n) is 3.40. The van der Waals surface area contributed by atoms with E-state index in [-0.39, 0.29) is 12.5 Å². The smallest absolute Gasteiger partial charge is 0.240 e. The molecule has 27 heavy (non-hydrogen) atoms. The van der Waals surface area contributed by atoms with Gasteiger partial charge in [0.2, 0.25) is 11.8 Å². The number of rotatable bonds is 7. The van der Waals surface area contributed by atoms with Crippen molar-refractivity contribution in [3.63, 3.8) is 0 Å². The van der Waals surface area contributed by atoms with Crippen LogP contribution in [-0.4, -0.2) is 34.0 Å². The Morgan fingerprint density at radius 1 is 1.37 bits per heavy atom. The Bertz CT molecular complexity index is 781. The van der Waals surface area contributed by atoms with Crippen LogP contribution in [0.4, 0.5) is 8.78 Å². The molecule has 146 valence electrons. The molecule has 1 aromatic heterocycles. The number of carbonyl (C=O) groups excluding carboxylic acids is 1. The minimum atomic E-state index is -0.902.